The predicted octanol–water partition coefficient (Wildman–Crippen LogP) is 3.83. The molecule has 0 bridgehead atoms. The Balaban J connectivity index is 1.53. The number of nitrogens with zero attached hydrogens (tertiary/aromatic N) is 3. The zero-order valence-corrected chi connectivity index (χ0v) is 18.2. The molecule has 3 aromatic rings. The molecule has 1 aromatic heterocycles. The largest absolute Gasteiger partial charge is 0.415 e. The third kappa shape index (κ3) is 5.35. The number of nitrogens with one attached hydrogen (secondary N) is 1. The summed E-state index contributed by atoms with van der Waals surface area (Å²) in [4.78, 5) is 14.1. The fourth-order valence-corrected chi connectivity index (χ4v) is 5.12. The number of rotatable bonds is 5. The molecule has 2 amide bonds. The molecule has 1 saturated heterocycles. The zero-order chi connectivity index (χ0) is 24.5. The lowest BCUT2D eigenvalue weighted by Crippen LogP contribution is -2.53. The summed E-state index contributed by atoms with van der Waals surface area (Å²) < 4.78 is 82.5. The summed E-state index contributed by atoms with van der Waals surface area (Å²) in [6.45, 7) is -0.0991. The van der Waals surface area contributed by atoms with Crippen LogP contribution in [0.25, 0.3) is 11.5 Å². The van der Waals surface area contributed by atoms with E-state index in [-0.39, 0.29) is 41.5 Å². The Bertz CT molecular complexity index is 1300. The van der Waals surface area contributed by atoms with E-state index in [0.29, 0.717) is 5.69 Å². The van der Waals surface area contributed by atoms with E-state index in [2.05, 4.69) is 15.5 Å². The highest BCUT2D eigenvalue weighted by Crippen LogP contribution is 2.26. The van der Waals surface area contributed by atoms with Gasteiger partial charge in [0.05, 0.1) is 17.5 Å². The number of alkyl halides is 2. The number of benzene rings is 2. The Morgan fingerprint density at radius 1 is 1.15 bits per heavy atom. The van der Waals surface area contributed by atoms with Crippen LogP contribution >= 0.6 is 0 Å². The van der Waals surface area contributed by atoms with Gasteiger partial charge in [-0.2, -0.15) is 8.78 Å². The van der Waals surface area contributed by atoms with Crippen molar-refractivity contribution in [3.63, 3.8) is 0 Å². The van der Waals surface area contributed by atoms with Crippen LogP contribution in [0.15, 0.2) is 46.9 Å². The first-order chi connectivity index (χ1) is 16.1. The second-order valence-electron chi connectivity index (χ2n) is 7.66. The maximum Gasteiger partial charge on any atom is 0.322 e. The van der Waals surface area contributed by atoms with E-state index in [1.807, 2.05) is 0 Å². The summed E-state index contributed by atoms with van der Waals surface area (Å²) >= 11 is 0. The van der Waals surface area contributed by atoms with Crippen molar-refractivity contribution in [2.45, 2.75) is 18.9 Å². The standard InChI is InChI=1S/C21H18F4N4O4S/c22-14-3-5-15(6-4-14)26-21(30)29-7-8-34(31,32)11-16(29)9-12-1-2-13(10-17(12)23)19-27-28-20(33-19)18(24)25/h1-6,10,16,18H,7-9,11H2,(H,26,30). The molecule has 1 N–H and O–H groups in total. The molecule has 2 aromatic carbocycles. The molecule has 0 radical (unpaired) electrons. The molecule has 2 heterocycles. The van der Waals surface area contributed by atoms with Crippen LogP contribution in [0.3, 0.4) is 0 Å². The quantitative estimate of drug-likeness (QED) is 0.536. The van der Waals surface area contributed by atoms with Crippen LogP contribution in [-0.4, -0.2) is 53.6 Å². The lowest BCUT2D eigenvalue weighted by molar-refractivity contribution is 0.116. The number of aromatic nitrogens is 2. The first kappa shape index (κ1) is 23.7. The van der Waals surface area contributed by atoms with Gasteiger partial charge in [0, 0.05) is 17.8 Å². The molecule has 8 nitrogen and oxygen atoms in total. The van der Waals surface area contributed by atoms with Gasteiger partial charge in [-0.3, -0.25) is 0 Å². The van der Waals surface area contributed by atoms with E-state index in [1.54, 1.807) is 0 Å². The van der Waals surface area contributed by atoms with E-state index in [0.717, 1.165) is 6.07 Å². The fraction of sp³-hybridized carbons (Fsp3) is 0.286. The van der Waals surface area contributed by atoms with Crippen molar-refractivity contribution in [1.82, 2.24) is 15.1 Å². The Morgan fingerprint density at radius 3 is 2.53 bits per heavy atom. The molecule has 1 aliphatic rings. The van der Waals surface area contributed by atoms with E-state index < -0.39 is 45.9 Å². The van der Waals surface area contributed by atoms with Crippen LogP contribution in [0.4, 0.5) is 28.0 Å². The molecule has 0 aliphatic carbocycles. The first-order valence-electron chi connectivity index (χ1n) is 10.1. The maximum absolute atomic E-state index is 14.8. The lowest BCUT2D eigenvalue weighted by atomic mass is 10.0. The SMILES string of the molecule is O=C(Nc1ccc(F)cc1)N1CCS(=O)(=O)CC1Cc1ccc(-c2nnc(C(F)F)o2)cc1F. The van der Waals surface area contributed by atoms with Gasteiger partial charge in [0.25, 0.3) is 5.89 Å². The molecular weight excluding hydrogens is 480 g/mol. The molecule has 1 aliphatic heterocycles. The number of sulfone groups is 1. The highest BCUT2D eigenvalue weighted by atomic mass is 32.2. The van der Waals surface area contributed by atoms with Crippen LogP contribution in [-0.2, 0) is 16.3 Å². The van der Waals surface area contributed by atoms with Crippen molar-refractivity contribution < 1.29 is 35.2 Å². The monoisotopic (exact) mass is 498 g/mol. The topological polar surface area (TPSA) is 105 Å². The average Bonchev–Trinajstić information content (AvgIpc) is 3.27. The molecule has 0 spiro atoms. The van der Waals surface area contributed by atoms with E-state index in [1.165, 1.54) is 41.3 Å². The van der Waals surface area contributed by atoms with E-state index in [4.69, 9.17) is 4.42 Å². The van der Waals surface area contributed by atoms with Crippen LogP contribution in [0, 0.1) is 11.6 Å². The number of anilines is 1. The molecule has 1 fully saturated rings. The summed E-state index contributed by atoms with van der Waals surface area (Å²) in [6.07, 6.45) is -3.08. The minimum Gasteiger partial charge on any atom is -0.415 e. The van der Waals surface area contributed by atoms with Gasteiger partial charge >= 0.3 is 12.5 Å². The van der Waals surface area contributed by atoms with Gasteiger partial charge in [0.15, 0.2) is 9.84 Å². The summed E-state index contributed by atoms with van der Waals surface area (Å²) in [6, 6.07) is 7.31. The molecule has 1 unspecified atom stereocenters. The Kier molecular flexibility index (Phi) is 6.55. The van der Waals surface area contributed by atoms with Gasteiger partial charge in [-0.1, -0.05) is 6.07 Å². The summed E-state index contributed by atoms with van der Waals surface area (Å²) in [5.41, 5.74) is 0.499. The molecule has 4 rings (SSSR count). The summed E-state index contributed by atoms with van der Waals surface area (Å²) in [5, 5.41) is 9.24. The van der Waals surface area contributed by atoms with Gasteiger partial charge in [-0.25, -0.2) is 22.0 Å². The highest BCUT2D eigenvalue weighted by Gasteiger charge is 2.35. The predicted molar refractivity (Wildman–Crippen MR) is 113 cm³/mol. The summed E-state index contributed by atoms with van der Waals surface area (Å²) in [5.74, 6) is -3.03. The smallest absolute Gasteiger partial charge is 0.322 e. The minimum absolute atomic E-state index is 0.0721. The van der Waals surface area contributed by atoms with Crippen LogP contribution < -0.4 is 5.32 Å². The van der Waals surface area contributed by atoms with Crippen molar-refractivity contribution in [2.24, 2.45) is 0 Å². The number of carbonyl (C=O) groups excluding carboxylic acids is 1. The van der Waals surface area contributed by atoms with Crippen molar-refractivity contribution in [3.8, 4) is 11.5 Å². The number of amides is 2. The van der Waals surface area contributed by atoms with E-state index in [9.17, 15) is 30.8 Å². The number of urea groups is 1. The Labute approximate surface area is 191 Å². The molecule has 0 saturated carbocycles. The second kappa shape index (κ2) is 9.41. The van der Waals surface area contributed by atoms with Crippen LogP contribution in [0.2, 0.25) is 0 Å². The second-order valence-corrected chi connectivity index (χ2v) is 9.88. The number of hydrogen-bond acceptors (Lipinski definition) is 6. The average molecular weight is 498 g/mol. The van der Waals surface area contributed by atoms with Crippen molar-refractivity contribution in [1.29, 1.82) is 0 Å². The first-order valence-corrected chi connectivity index (χ1v) is 11.9. The molecule has 1 atom stereocenters. The zero-order valence-electron chi connectivity index (χ0n) is 17.4. The maximum atomic E-state index is 14.8. The molecule has 180 valence electrons. The fourth-order valence-electron chi connectivity index (χ4n) is 3.59. The van der Waals surface area contributed by atoms with Gasteiger partial charge in [-0.15, -0.1) is 10.2 Å². The van der Waals surface area contributed by atoms with Crippen molar-refractivity contribution in [2.75, 3.05) is 23.4 Å². The Hall–Kier alpha value is -3.48. The van der Waals surface area contributed by atoms with Gasteiger partial charge in [0.1, 0.15) is 11.6 Å². The number of hydrogen-bond donors (Lipinski definition) is 1. The minimum atomic E-state index is -3.46. The van der Waals surface area contributed by atoms with Crippen molar-refractivity contribution >= 4 is 21.6 Å². The normalized spacial score (nSPS) is 17.7. The highest BCUT2D eigenvalue weighted by molar-refractivity contribution is 7.91. The third-order valence-electron chi connectivity index (χ3n) is 5.27. The molecule has 34 heavy (non-hydrogen) atoms. The van der Waals surface area contributed by atoms with E-state index >= 15 is 0 Å². The van der Waals surface area contributed by atoms with Crippen LogP contribution in [0.1, 0.15) is 17.9 Å². The number of carbonyl (C=O) groups is 1. The lowest BCUT2D eigenvalue weighted by Gasteiger charge is -2.35. The van der Waals surface area contributed by atoms with Gasteiger partial charge in [-0.05, 0) is 48.4 Å². The Morgan fingerprint density at radius 2 is 1.88 bits per heavy atom. The van der Waals surface area contributed by atoms with Crippen molar-refractivity contribution in [3.05, 3.63) is 65.6 Å². The molecule has 13 heteroatoms. The van der Waals surface area contributed by atoms with Gasteiger partial charge in [0.2, 0.25) is 5.89 Å². The third-order valence-corrected chi connectivity index (χ3v) is 6.97. The van der Waals surface area contributed by atoms with Gasteiger partial charge < -0.3 is 14.6 Å². The summed E-state index contributed by atoms with van der Waals surface area (Å²) in [7, 11) is -3.46. The molecular formula is C21H18F4N4O4S. The van der Waals surface area contributed by atoms with Crippen LogP contribution in [0.5, 0.6) is 0 Å². The number of halogens is 4.